The maximum absolute atomic E-state index is 13.0. The van der Waals surface area contributed by atoms with E-state index in [1.807, 2.05) is 18.4 Å². The highest BCUT2D eigenvalue weighted by Crippen LogP contribution is 2.30. The number of hydrogen-bond acceptors (Lipinski definition) is 3. The van der Waals surface area contributed by atoms with Crippen LogP contribution in [0.3, 0.4) is 0 Å². The van der Waals surface area contributed by atoms with E-state index < -0.39 is 11.7 Å². The molecule has 2 N–H and O–H groups in total. The van der Waals surface area contributed by atoms with Crippen molar-refractivity contribution < 1.29 is 13.2 Å². The van der Waals surface area contributed by atoms with Gasteiger partial charge in [-0.2, -0.15) is 13.2 Å². The lowest BCUT2D eigenvalue weighted by atomic mass is 10.1. The van der Waals surface area contributed by atoms with E-state index in [4.69, 9.17) is 0 Å². The Balaban J connectivity index is 0.00000450. The number of nitrogens with one attached hydrogen (secondary N) is 2. The molecule has 1 atom stereocenters. The third kappa shape index (κ3) is 8.11. The quantitative estimate of drug-likeness (QED) is 0.213. The van der Waals surface area contributed by atoms with Gasteiger partial charge >= 0.3 is 6.18 Å². The highest BCUT2D eigenvalue weighted by molar-refractivity contribution is 14.0. The van der Waals surface area contributed by atoms with Gasteiger partial charge in [0.25, 0.3) is 0 Å². The first kappa shape index (κ1) is 26.2. The zero-order valence-corrected chi connectivity index (χ0v) is 19.9. The van der Waals surface area contributed by atoms with E-state index in [0.29, 0.717) is 31.2 Å². The first-order valence-corrected chi connectivity index (χ1v) is 9.93. The van der Waals surface area contributed by atoms with Gasteiger partial charge in [0.1, 0.15) is 12.2 Å². The number of rotatable bonds is 9. The molecule has 0 radical (unpaired) electrons. The smallest absolute Gasteiger partial charge is 0.355 e. The molecule has 0 bridgehead atoms. The fourth-order valence-electron chi connectivity index (χ4n) is 2.81. The molecule has 0 aliphatic heterocycles. The number of benzene rings is 1. The average molecular weight is 538 g/mol. The summed E-state index contributed by atoms with van der Waals surface area (Å²) in [5.74, 6) is 1.48. The zero-order valence-electron chi connectivity index (χ0n) is 17.5. The molecule has 0 fully saturated rings. The fraction of sp³-hybridized carbons (Fsp3) is 0.550. The number of hydrogen-bond donors (Lipinski definition) is 2. The second-order valence-corrected chi connectivity index (χ2v) is 6.79. The Morgan fingerprint density at radius 3 is 2.70 bits per heavy atom. The molecule has 0 spiro atoms. The van der Waals surface area contributed by atoms with Crippen LogP contribution < -0.4 is 10.6 Å². The SMILES string of the molecule is CCCCN=C(NCCn1cnnc1CC)NC(C)c1cccc(C(F)(F)F)c1.I. The van der Waals surface area contributed by atoms with Gasteiger partial charge < -0.3 is 15.2 Å². The first-order valence-electron chi connectivity index (χ1n) is 9.93. The van der Waals surface area contributed by atoms with E-state index >= 15 is 0 Å². The van der Waals surface area contributed by atoms with E-state index in [9.17, 15) is 13.2 Å². The summed E-state index contributed by atoms with van der Waals surface area (Å²) in [7, 11) is 0. The number of aryl methyl sites for hydroxylation is 1. The van der Waals surface area contributed by atoms with Gasteiger partial charge in [-0.1, -0.05) is 32.4 Å². The highest BCUT2D eigenvalue weighted by atomic mass is 127. The van der Waals surface area contributed by atoms with E-state index in [0.717, 1.165) is 31.2 Å². The summed E-state index contributed by atoms with van der Waals surface area (Å²) in [6.45, 7) is 7.83. The third-order valence-corrected chi connectivity index (χ3v) is 4.51. The van der Waals surface area contributed by atoms with Crippen LogP contribution in [-0.2, 0) is 19.1 Å². The van der Waals surface area contributed by atoms with Gasteiger partial charge in [0.2, 0.25) is 0 Å². The Morgan fingerprint density at radius 2 is 2.03 bits per heavy atom. The standard InChI is InChI=1S/C20H29F3N6.HI/c1-4-6-10-24-19(25-11-12-29-14-26-28-18(29)5-2)27-15(3)16-8-7-9-17(13-16)20(21,22)23;/h7-9,13-15H,4-6,10-12H2,1-3H3,(H2,24,25,27);1H. The number of guanidine groups is 1. The van der Waals surface area contributed by atoms with Crippen LogP contribution >= 0.6 is 24.0 Å². The van der Waals surface area contributed by atoms with Gasteiger partial charge in [-0.15, -0.1) is 34.2 Å². The minimum absolute atomic E-state index is 0. The molecule has 1 aromatic heterocycles. The first-order chi connectivity index (χ1) is 13.8. The number of halogens is 4. The van der Waals surface area contributed by atoms with Crippen LogP contribution in [0.2, 0.25) is 0 Å². The van der Waals surface area contributed by atoms with Gasteiger partial charge in [0.05, 0.1) is 11.6 Å². The molecule has 2 aromatic rings. The molecular weight excluding hydrogens is 508 g/mol. The molecule has 168 valence electrons. The maximum Gasteiger partial charge on any atom is 0.416 e. The third-order valence-electron chi connectivity index (χ3n) is 4.51. The monoisotopic (exact) mass is 538 g/mol. The Hall–Kier alpha value is -1.85. The zero-order chi connectivity index (χ0) is 21.3. The summed E-state index contributed by atoms with van der Waals surface area (Å²) in [6.07, 6.45) is 0.0774. The van der Waals surface area contributed by atoms with Crippen molar-refractivity contribution in [1.82, 2.24) is 25.4 Å². The lowest BCUT2D eigenvalue weighted by molar-refractivity contribution is -0.137. The largest absolute Gasteiger partial charge is 0.416 e. The van der Waals surface area contributed by atoms with E-state index in [2.05, 4.69) is 32.7 Å². The lowest BCUT2D eigenvalue weighted by Crippen LogP contribution is -2.40. The summed E-state index contributed by atoms with van der Waals surface area (Å²) in [5.41, 5.74) is -0.0994. The summed E-state index contributed by atoms with van der Waals surface area (Å²) < 4.78 is 40.9. The molecule has 1 heterocycles. The topological polar surface area (TPSA) is 67.1 Å². The Bertz CT molecular complexity index is 791. The minimum Gasteiger partial charge on any atom is -0.355 e. The maximum atomic E-state index is 13.0. The van der Waals surface area contributed by atoms with Crippen LogP contribution in [-0.4, -0.2) is 33.8 Å². The normalized spacial score (nSPS) is 12.9. The molecule has 6 nitrogen and oxygen atoms in total. The van der Waals surface area contributed by atoms with E-state index in [1.165, 1.54) is 12.1 Å². The molecular formula is C20H30F3IN6. The second-order valence-electron chi connectivity index (χ2n) is 6.79. The summed E-state index contributed by atoms with van der Waals surface area (Å²) >= 11 is 0. The fourth-order valence-corrected chi connectivity index (χ4v) is 2.81. The number of unbranched alkanes of at least 4 members (excludes halogenated alkanes) is 1. The van der Waals surface area contributed by atoms with Crippen molar-refractivity contribution in [3.8, 4) is 0 Å². The van der Waals surface area contributed by atoms with Crippen molar-refractivity contribution in [3.63, 3.8) is 0 Å². The molecule has 0 aliphatic carbocycles. The van der Waals surface area contributed by atoms with Crippen LogP contribution in [0.25, 0.3) is 0 Å². The van der Waals surface area contributed by atoms with Crippen LogP contribution in [0, 0.1) is 0 Å². The van der Waals surface area contributed by atoms with Crippen molar-refractivity contribution in [2.45, 2.75) is 58.8 Å². The van der Waals surface area contributed by atoms with Crippen molar-refractivity contribution in [2.75, 3.05) is 13.1 Å². The molecule has 0 amide bonds. The molecule has 10 heteroatoms. The van der Waals surface area contributed by atoms with Crippen LogP contribution in [0.1, 0.15) is 56.6 Å². The van der Waals surface area contributed by atoms with Crippen LogP contribution in [0.15, 0.2) is 35.6 Å². The molecule has 1 aromatic carbocycles. The Kier molecular flexibility index (Phi) is 11.1. The van der Waals surface area contributed by atoms with Crippen molar-refractivity contribution in [3.05, 3.63) is 47.5 Å². The van der Waals surface area contributed by atoms with Crippen LogP contribution in [0.5, 0.6) is 0 Å². The van der Waals surface area contributed by atoms with Gasteiger partial charge in [0, 0.05) is 26.1 Å². The molecule has 2 rings (SSSR count). The highest BCUT2D eigenvalue weighted by Gasteiger charge is 2.30. The Labute approximate surface area is 192 Å². The van der Waals surface area contributed by atoms with Crippen LogP contribution in [0.4, 0.5) is 13.2 Å². The summed E-state index contributed by atoms with van der Waals surface area (Å²) in [6, 6.07) is 5.03. The van der Waals surface area contributed by atoms with Crippen molar-refractivity contribution in [1.29, 1.82) is 0 Å². The van der Waals surface area contributed by atoms with Crippen molar-refractivity contribution >= 4 is 29.9 Å². The molecule has 1 unspecified atom stereocenters. The van der Waals surface area contributed by atoms with Gasteiger partial charge in [-0.05, 0) is 31.0 Å². The molecule has 30 heavy (non-hydrogen) atoms. The average Bonchev–Trinajstić information content (AvgIpc) is 3.15. The van der Waals surface area contributed by atoms with Crippen molar-refractivity contribution in [2.24, 2.45) is 4.99 Å². The van der Waals surface area contributed by atoms with Gasteiger partial charge in [0.15, 0.2) is 5.96 Å². The Morgan fingerprint density at radius 1 is 1.27 bits per heavy atom. The van der Waals surface area contributed by atoms with E-state index in [1.54, 1.807) is 12.4 Å². The van der Waals surface area contributed by atoms with Gasteiger partial charge in [-0.25, -0.2) is 0 Å². The lowest BCUT2D eigenvalue weighted by Gasteiger charge is -2.20. The predicted molar refractivity (Wildman–Crippen MR) is 123 cm³/mol. The molecule has 0 saturated heterocycles. The predicted octanol–water partition coefficient (Wildman–Crippen LogP) is 4.57. The molecule has 0 saturated carbocycles. The summed E-state index contributed by atoms with van der Waals surface area (Å²) in [5, 5.41) is 14.4. The number of nitrogens with zero attached hydrogens (tertiary/aromatic N) is 4. The minimum atomic E-state index is -4.36. The number of aromatic nitrogens is 3. The van der Waals surface area contributed by atoms with E-state index in [-0.39, 0.29) is 30.0 Å². The second kappa shape index (κ2) is 12.8. The number of aliphatic imine (C=N–C) groups is 1. The molecule has 0 aliphatic rings. The van der Waals surface area contributed by atoms with Gasteiger partial charge in [-0.3, -0.25) is 4.99 Å². The summed E-state index contributed by atoms with van der Waals surface area (Å²) in [4.78, 5) is 4.54. The number of alkyl halides is 3.